The molecule has 0 unspecified atom stereocenters. The number of aryl methyl sites for hydroxylation is 1. The van der Waals surface area contributed by atoms with Crippen molar-refractivity contribution in [1.82, 2.24) is 0 Å². The van der Waals surface area contributed by atoms with Gasteiger partial charge in [0.15, 0.2) is 0 Å². The Balaban J connectivity index is 2.35. The molecule has 0 spiro atoms. The van der Waals surface area contributed by atoms with Gasteiger partial charge in [0.25, 0.3) is 0 Å². The minimum Gasteiger partial charge on any atom is -0.406 e. The van der Waals surface area contributed by atoms with Crippen molar-refractivity contribution in [1.29, 1.82) is 5.26 Å². The van der Waals surface area contributed by atoms with E-state index in [0.717, 1.165) is 22.3 Å². The predicted molar refractivity (Wildman–Crippen MR) is 72.6 cm³/mol. The number of alkyl halides is 3. The van der Waals surface area contributed by atoms with Gasteiger partial charge in [0, 0.05) is 0 Å². The van der Waals surface area contributed by atoms with Gasteiger partial charge in [-0.1, -0.05) is 35.9 Å². The lowest BCUT2D eigenvalue weighted by atomic mass is 9.96. The lowest BCUT2D eigenvalue weighted by Gasteiger charge is -2.11. The van der Waals surface area contributed by atoms with Crippen LogP contribution in [-0.4, -0.2) is 6.36 Å². The van der Waals surface area contributed by atoms with Crippen molar-refractivity contribution < 1.29 is 17.9 Å². The topological polar surface area (TPSA) is 33.0 Å². The molecule has 0 saturated heterocycles. The summed E-state index contributed by atoms with van der Waals surface area (Å²) in [5.74, 6) is -0.263. The molecule has 108 valence electrons. The highest BCUT2D eigenvalue weighted by molar-refractivity contribution is 5.69. The van der Waals surface area contributed by atoms with Crippen molar-refractivity contribution in [3.8, 4) is 22.9 Å². The molecule has 0 aliphatic heterocycles. The fourth-order valence-electron chi connectivity index (χ4n) is 2.03. The Morgan fingerprint density at radius 2 is 1.76 bits per heavy atom. The highest BCUT2D eigenvalue weighted by atomic mass is 19.4. The summed E-state index contributed by atoms with van der Waals surface area (Å²) in [5, 5.41) is 8.84. The number of nitrogens with zero attached hydrogens (tertiary/aromatic N) is 1. The van der Waals surface area contributed by atoms with E-state index in [4.69, 9.17) is 5.26 Å². The second-order valence-electron chi connectivity index (χ2n) is 4.57. The van der Waals surface area contributed by atoms with Crippen molar-refractivity contribution in [3.63, 3.8) is 0 Å². The number of hydrogen-bond acceptors (Lipinski definition) is 2. The minimum atomic E-state index is -4.70. The van der Waals surface area contributed by atoms with Crippen LogP contribution in [0, 0.1) is 18.3 Å². The molecule has 2 nitrogen and oxygen atoms in total. The van der Waals surface area contributed by atoms with Crippen LogP contribution in [0.25, 0.3) is 11.1 Å². The molecule has 0 fully saturated rings. The predicted octanol–water partition coefficient (Wildman–Crippen LogP) is 4.63. The Hall–Kier alpha value is -2.48. The zero-order valence-electron chi connectivity index (χ0n) is 11.2. The average molecular weight is 291 g/mol. The van der Waals surface area contributed by atoms with Gasteiger partial charge in [-0.3, -0.25) is 0 Å². The summed E-state index contributed by atoms with van der Waals surface area (Å²) >= 11 is 0. The first-order chi connectivity index (χ1) is 9.89. The highest BCUT2D eigenvalue weighted by Crippen LogP contribution is 2.29. The molecule has 0 radical (unpaired) electrons. The number of nitriles is 1. The van der Waals surface area contributed by atoms with Crippen molar-refractivity contribution >= 4 is 0 Å². The van der Waals surface area contributed by atoms with Gasteiger partial charge in [0.2, 0.25) is 0 Å². The Morgan fingerprint density at radius 1 is 1.10 bits per heavy atom. The minimum absolute atomic E-state index is 0.246. The van der Waals surface area contributed by atoms with Crippen molar-refractivity contribution in [2.24, 2.45) is 0 Å². The maximum Gasteiger partial charge on any atom is 0.573 e. The molecule has 0 atom stereocenters. The number of benzene rings is 2. The van der Waals surface area contributed by atoms with Gasteiger partial charge in [0.1, 0.15) is 5.75 Å². The van der Waals surface area contributed by atoms with Crippen LogP contribution in [0.1, 0.15) is 11.1 Å². The fourth-order valence-corrected chi connectivity index (χ4v) is 2.03. The zero-order chi connectivity index (χ0) is 15.5. The number of ether oxygens (including phenoxy) is 1. The Labute approximate surface area is 120 Å². The first-order valence-corrected chi connectivity index (χ1v) is 6.22. The highest BCUT2D eigenvalue weighted by Gasteiger charge is 2.30. The van der Waals surface area contributed by atoms with Crippen LogP contribution >= 0.6 is 0 Å². The molecule has 5 heteroatoms. The molecule has 2 rings (SSSR count). The van der Waals surface area contributed by atoms with Gasteiger partial charge in [-0.05, 0) is 35.7 Å². The first kappa shape index (κ1) is 14.9. The lowest BCUT2D eigenvalue weighted by Crippen LogP contribution is -2.16. The van der Waals surface area contributed by atoms with Crippen LogP contribution in [0.15, 0.2) is 42.5 Å². The largest absolute Gasteiger partial charge is 0.573 e. The van der Waals surface area contributed by atoms with E-state index < -0.39 is 6.36 Å². The first-order valence-electron chi connectivity index (χ1n) is 6.22. The third-order valence-corrected chi connectivity index (χ3v) is 2.93. The summed E-state index contributed by atoms with van der Waals surface area (Å²) in [4.78, 5) is 0. The average Bonchev–Trinajstić information content (AvgIpc) is 2.40. The maximum absolute atomic E-state index is 12.1. The third kappa shape index (κ3) is 3.99. The summed E-state index contributed by atoms with van der Waals surface area (Å²) < 4.78 is 40.2. The van der Waals surface area contributed by atoms with Crippen LogP contribution in [0.4, 0.5) is 13.2 Å². The van der Waals surface area contributed by atoms with Gasteiger partial charge in [-0.15, -0.1) is 13.2 Å². The molecule has 0 aromatic heterocycles. The lowest BCUT2D eigenvalue weighted by molar-refractivity contribution is -0.274. The van der Waals surface area contributed by atoms with Crippen LogP contribution in [0.2, 0.25) is 0 Å². The summed E-state index contributed by atoms with van der Waals surface area (Å²) in [6.07, 6.45) is -4.45. The molecule has 0 aliphatic rings. The van der Waals surface area contributed by atoms with E-state index in [1.807, 2.05) is 25.1 Å². The van der Waals surface area contributed by atoms with Crippen molar-refractivity contribution in [2.75, 3.05) is 0 Å². The number of halogens is 3. The Kier molecular flexibility index (Phi) is 4.18. The Bertz CT molecular complexity index is 669. The normalized spacial score (nSPS) is 11.0. The zero-order valence-corrected chi connectivity index (χ0v) is 11.2. The van der Waals surface area contributed by atoms with Crippen LogP contribution in [0.3, 0.4) is 0 Å². The van der Waals surface area contributed by atoms with E-state index in [9.17, 15) is 13.2 Å². The number of hydrogen-bond donors (Lipinski definition) is 0. The smallest absolute Gasteiger partial charge is 0.406 e. The summed E-state index contributed by atoms with van der Waals surface area (Å²) in [6.45, 7) is 1.92. The second kappa shape index (κ2) is 5.88. The van der Waals surface area contributed by atoms with E-state index >= 15 is 0 Å². The molecule has 2 aromatic carbocycles. The molecule has 0 N–H and O–H groups in total. The van der Waals surface area contributed by atoms with Gasteiger partial charge in [-0.25, -0.2) is 0 Å². The van der Waals surface area contributed by atoms with Crippen LogP contribution in [0.5, 0.6) is 5.75 Å². The molecular weight excluding hydrogens is 279 g/mol. The molecule has 0 heterocycles. The Morgan fingerprint density at radius 3 is 2.33 bits per heavy atom. The van der Waals surface area contributed by atoms with Gasteiger partial charge in [0.05, 0.1) is 12.5 Å². The number of rotatable bonds is 3. The molecule has 0 aliphatic carbocycles. The van der Waals surface area contributed by atoms with Crippen molar-refractivity contribution in [2.45, 2.75) is 19.7 Å². The monoisotopic (exact) mass is 291 g/mol. The van der Waals surface area contributed by atoms with E-state index in [1.54, 1.807) is 12.1 Å². The van der Waals surface area contributed by atoms with Gasteiger partial charge in [-0.2, -0.15) is 5.26 Å². The fraction of sp³-hybridized carbons (Fsp3) is 0.188. The third-order valence-electron chi connectivity index (χ3n) is 2.93. The second-order valence-corrected chi connectivity index (χ2v) is 4.57. The molecule has 0 amide bonds. The van der Waals surface area contributed by atoms with E-state index in [2.05, 4.69) is 10.8 Å². The van der Waals surface area contributed by atoms with Gasteiger partial charge >= 0.3 is 6.36 Å². The molecule has 21 heavy (non-hydrogen) atoms. The SMILES string of the molecule is Cc1ccc(CC#N)c(-c2ccc(OC(F)(F)F)cc2)c1. The molecular formula is C16H12F3NO. The molecule has 0 bridgehead atoms. The van der Waals surface area contributed by atoms with Crippen molar-refractivity contribution in [3.05, 3.63) is 53.6 Å². The summed E-state index contributed by atoms with van der Waals surface area (Å²) in [7, 11) is 0. The van der Waals surface area contributed by atoms with E-state index in [1.165, 1.54) is 12.1 Å². The molecule has 0 saturated carbocycles. The quantitative estimate of drug-likeness (QED) is 0.826. The van der Waals surface area contributed by atoms with E-state index in [-0.39, 0.29) is 12.2 Å². The van der Waals surface area contributed by atoms with Crippen LogP contribution in [-0.2, 0) is 6.42 Å². The summed E-state index contributed by atoms with van der Waals surface area (Å²) in [5.41, 5.74) is 3.45. The maximum atomic E-state index is 12.1. The molecule has 2 aromatic rings. The standard InChI is InChI=1S/C16H12F3NO/c1-11-2-3-13(8-9-20)15(10-11)12-4-6-14(7-5-12)21-16(17,18)19/h2-7,10H,8H2,1H3. The van der Waals surface area contributed by atoms with Crippen LogP contribution < -0.4 is 4.74 Å². The van der Waals surface area contributed by atoms with Gasteiger partial charge < -0.3 is 4.74 Å². The van der Waals surface area contributed by atoms with E-state index in [0.29, 0.717) is 0 Å². The summed E-state index contributed by atoms with van der Waals surface area (Å²) in [6, 6.07) is 13.4.